The molecule has 170 valence electrons. The first-order valence-electron chi connectivity index (χ1n) is 10.7. The molecule has 6 nitrogen and oxygen atoms in total. The summed E-state index contributed by atoms with van der Waals surface area (Å²) in [6.07, 6.45) is 0. The number of imide groups is 2. The molecule has 0 unspecified atom stereocenters. The van der Waals surface area contributed by atoms with Crippen LogP contribution in [0.3, 0.4) is 0 Å². The molecule has 35 heavy (non-hydrogen) atoms. The van der Waals surface area contributed by atoms with E-state index in [0.717, 1.165) is 20.9 Å². The fraction of sp³-hybridized carbons (Fsp3) is 0.0769. The summed E-state index contributed by atoms with van der Waals surface area (Å²) < 4.78 is 3.88. The number of amides is 4. The van der Waals surface area contributed by atoms with Crippen LogP contribution in [0.25, 0.3) is 37.1 Å². The zero-order chi connectivity index (χ0) is 24.2. The van der Waals surface area contributed by atoms with Crippen LogP contribution in [0.5, 0.6) is 0 Å². The van der Waals surface area contributed by atoms with E-state index in [1.54, 1.807) is 34.8 Å². The van der Waals surface area contributed by atoms with Gasteiger partial charge in [-0.05, 0) is 0 Å². The van der Waals surface area contributed by atoms with Crippen LogP contribution in [0.15, 0.2) is 48.5 Å². The number of nitrogens with zero attached hydrogens (tertiary/aromatic N) is 2. The number of carbonyl (C=O) groups is 4. The van der Waals surface area contributed by atoms with Crippen molar-refractivity contribution in [2.24, 2.45) is 0 Å². The van der Waals surface area contributed by atoms with Gasteiger partial charge >= 0.3 is 218 Å². The van der Waals surface area contributed by atoms with Gasteiger partial charge in [-0.2, -0.15) is 0 Å². The van der Waals surface area contributed by atoms with Crippen molar-refractivity contribution >= 4 is 82.9 Å². The molecule has 2 aliphatic heterocycles. The summed E-state index contributed by atoms with van der Waals surface area (Å²) >= 11 is 2.74. The van der Waals surface area contributed by atoms with Gasteiger partial charge in [0.2, 0.25) is 0 Å². The second-order valence-corrected chi connectivity index (χ2v) is 14.4. The average molecular weight is 610 g/mol. The van der Waals surface area contributed by atoms with Gasteiger partial charge < -0.3 is 0 Å². The van der Waals surface area contributed by atoms with Crippen LogP contribution in [0.2, 0.25) is 0 Å². The Morgan fingerprint density at radius 1 is 0.657 bits per heavy atom. The van der Waals surface area contributed by atoms with Gasteiger partial charge in [-0.25, -0.2) is 0 Å². The van der Waals surface area contributed by atoms with Gasteiger partial charge in [0.15, 0.2) is 0 Å². The number of fused-ring (bicyclic) bond motifs is 5. The third-order valence-corrected chi connectivity index (χ3v) is 13.2. The molecule has 3 aromatic heterocycles. The van der Waals surface area contributed by atoms with E-state index in [0.29, 0.717) is 22.3 Å². The van der Waals surface area contributed by atoms with Crippen molar-refractivity contribution < 1.29 is 19.2 Å². The van der Waals surface area contributed by atoms with Crippen molar-refractivity contribution in [3.63, 3.8) is 0 Å². The molecule has 0 aliphatic carbocycles. The molecule has 0 N–H and O–H groups in total. The Kier molecular flexibility index (Phi) is 4.37. The summed E-state index contributed by atoms with van der Waals surface area (Å²) in [6, 6.07) is 15.2. The Morgan fingerprint density at radius 3 is 1.74 bits per heavy atom. The minimum absolute atomic E-state index is 0.258. The molecule has 2 aromatic carbocycles. The number of hydrogen-bond donors (Lipinski definition) is 0. The van der Waals surface area contributed by atoms with E-state index < -0.39 is 20.4 Å². The van der Waals surface area contributed by atoms with Crippen LogP contribution in [-0.2, 0) is 0 Å². The Morgan fingerprint density at radius 2 is 1.17 bits per heavy atom. The molecule has 0 saturated heterocycles. The van der Waals surface area contributed by atoms with Gasteiger partial charge in [0.05, 0.1) is 0 Å². The van der Waals surface area contributed by atoms with Crippen LogP contribution in [-0.4, -0.2) is 68.0 Å². The van der Waals surface area contributed by atoms with Crippen molar-refractivity contribution in [2.75, 3.05) is 14.1 Å². The van der Waals surface area contributed by atoms with Crippen LogP contribution in [0.4, 0.5) is 0 Å². The normalized spacial score (nSPS) is 15.3. The van der Waals surface area contributed by atoms with Gasteiger partial charge in [-0.1, -0.05) is 0 Å². The first kappa shape index (κ1) is 21.2. The van der Waals surface area contributed by atoms with Gasteiger partial charge in [0.1, 0.15) is 0 Å². The second-order valence-electron chi connectivity index (χ2n) is 8.51. The van der Waals surface area contributed by atoms with Gasteiger partial charge in [0.25, 0.3) is 0 Å². The summed E-state index contributed by atoms with van der Waals surface area (Å²) in [7, 11) is 3.04. The first-order valence-corrected chi connectivity index (χ1v) is 14.7. The number of benzene rings is 2. The summed E-state index contributed by atoms with van der Waals surface area (Å²) in [5, 5.41) is 1.19. The van der Waals surface area contributed by atoms with Gasteiger partial charge in [-0.15, -0.1) is 0 Å². The second kappa shape index (κ2) is 7.21. The van der Waals surface area contributed by atoms with E-state index in [1.165, 1.54) is 40.1 Å². The SMILES string of the molecule is CN1C(=O)c2cccc(-c3cc4c(s3)[te]c3cc(-c5cccc6c5C(=O)N(C)C6=O)sc34)c2C1=O. The van der Waals surface area contributed by atoms with E-state index in [1.807, 2.05) is 24.3 Å². The molecule has 0 radical (unpaired) electrons. The molecular weight excluding hydrogens is 596 g/mol. The minimum atomic E-state index is -0.622. The molecule has 0 bridgehead atoms. The third kappa shape index (κ3) is 2.75. The van der Waals surface area contributed by atoms with Crippen LogP contribution < -0.4 is 0 Å². The number of carbonyl (C=O) groups excluding carboxylic acids is 4. The summed E-state index contributed by atoms with van der Waals surface area (Å²) in [4.78, 5) is 54.8. The van der Waals surface area contributed by atoms with E-state index in [4.69, 9.17) is 0 Å². The molecular formula is C26H14N2O4S2Te. The Labute approximate surface area is 216 Å². The Bertz CT molecular complexity index is 1700. The molecule has 9 heteroatoms. The molecule has 5 aromatic rings. The summed E-state index contributed by atoms with van der Waals surface area (Å²) in [6.45, 7) is 0. The Balaban J connectivity index is 1.38. The van der Waals surface area contributed by atoms with Gasteiger partial charge in [0, 0.05) is 0 Å². The molecule has 0 atom stereocenters. The van der Waals surface area contributed by atoms with Crippen molar-refractivity contribution in [3.8, 4) is 20.9 Å². The molecule has 2 aliphatic rings. The molecule has 0 fully saturated rings. The fourth-order valence-corrected chi connectivity index (χ4v) is 12.2. The van der Waals surface area contributed by atoms with Crippen LogP contribution >= 0.6 is 22.7 Å². The predicted molar refractivity (Wildman–Crippen MR) is 138 cm³/mol. The molecule has 5 heterocycles. The van der Waals surface area contributed by atoms with Crippen molar-refractivity contribution in [2.45, 2.75) is 0 Å². The van der Waals surface area contributed by atoms with Crippen molar-refractivity contribution in [3.05, 3.63) is 70.8 Å². The van der Waals surface area contributed by atoms with E-state index >= 15 is 0 Å². The van der Waals surface area contributed by atoms with Crippen molar-refractivity contribution in [1.29, 1.82) is 0 Å². The van der Waals surface area contributed by atoms with Crippen LogP contribution in [0.1, 0.15) is 41.4 Å². The van der Waals surface area contributed by atoms with E-state index in [-0.39, 0.29) is 23.6 Å². The van der Waals surface area contributed by atoms with Crippen molar-refractivity contribution in [1.82, 2.24) is 9.80 Å². The standard InChI is InChI=1S/C26H14N2O4S2Te/c1-27-22(29)13-7-3-5-11(19(13)24(27)31)16-9-15-21-18(35-26(15)34-16)10-17(33-21)12-6-4-8-14-20(12)25(32)28(2)23(14)30/h3-10H,1-2H3. The van der Waals surface area contributed by atoms with Gasteiger partial charge in [-0.3, -0.25) is 0 Å². The zero-order valence-corrected chi connectivity index (χ0v) is 22.3. The number of thiophene rings is 2. The van der Waals surface area contributed by atoms with E-state index in [2.05, 4.69) is 12.1 Å². The first-order chi connectivity index (χ1) is 16.8. The topological polar surface area (TPSA) is 74.8 Å². The molecule has 7 rings (SSSR count). The monoisotopic (exact) mass is 612 g/mol. The Hall–Kier alpha value is -3.09. The maximum atomic E-state index is 12.8. The molecule has 4 amide bonds. The average Bonchev–Trinajstić information content (AvgIpc) is 3.62. The maximum absolute atomic E-state index is 12.8. The number of hydrogen-bond acceptors (Lipinski definition) is 6. The fourth-order valence-electron chi connectivity index (χ4n) is 4.83. The molecule has 0 saturated carbocycles. The summed E-state index contributed by atoms with van der Waals surface area (Å²) in [5.41, 5.74) is 3.51. The quantitative estimate of drug-likeness (QED) is 0.210. The molecule has 0 spiro atoms. The third-order valence-electron chi connectivity index (χ3n) is 6.61. The zero-order valence-electron chi connectivity index (χ0n) is 18.4. The number of rotatable bonds is 2. The predicted octanol–water partition coefficient (Wildman–Crippen LogP) is 4.96. The summed E-state index contributed by atoms with van der Waals surface area (Å²) in [5.74, 6) is -1.04. The van der Waals surface area contributed by atoms with E-state index in [9.17, 15) is 19.2 Å². The van der Waals surface area contributed by atoms with Crippen LogP contribution in [0, 0.1) is 0 Å².